The van der Waals surface area contributed by atoms with Crippen LogP contribution >= 0.6 is 0 Å². The Kier molecular flexibility index (Phi) is 4.40. The third-order valence-corrected chi connectivity index (χ3v) is 5.64. The van der Waals surface area contributed by atoms with Crippen LogP contribution in [0.5, 0.6) is 6.01 Å². The highest BCUT2D eigenvalue weighted by atomic mass is 16.8. The number of nitrogens with zero attached hydrogens (tertiary/aromatic N) is 4. The molecule has 4 N–H and O–H groups in total. The van der Waals surface area contributed by atoms with Gasteiger partial charge < -0.3 is 34.9 Å². The van der Waals surface area contributed by atoms with E-state index in [0.29, 0.717) is 11.2 Å². The number of rotatable bonds is 4. The Balaban J connectivity index is 1.51. The van der Waals surface area contributed by atoms with Crippen LogP contribution in [-0.4, -0.2) is 66.2 Å². The maximum absolute atomic E-state index is 9.75. The maximum Gasteiger partial charge on any atom is 0.320 e. The molecule has 0 unspecified atom stereocenters. The second-order valence-electron chi connectivity index (χ2n) is 8.21. The highest BCUT2D eigenvalue weighted by Gasteiger charge is 2.58. The Hall–Kier alpha value is -2.05. The highest BCUT2D eigenvalue weighted by Crippen LogP contribution is 2.44. The van der Waals surface area contributed by atoms with E-state index in [1.165, 1.54) is 6.33 Å². The first-order valence-corrected chi connectivity index (χ1v) is 9.86. The summed E-state index contributed by atoms with van der Waals surface area (Å²) in [4.78, 5) is 13.1. The molecule has 0 spiro atoms. The zero-order valence-corrected chi connectivity index (χ0v) is 16.3. The molecule has 2 aromatic heterocycles. The van der Waals surface area contributed by atoms with E-state index in [1.54, 1.807) is 18.4 Å². The van der Waals surface area contributed by atoms with Gasteiger partial charge in [-0.05, 0) is 39.5 Å². The fourth-order valence-electron chi connectivity index (χ4n) is 4.38. The predicted octanol–water partition coefficient (Wildman–Crippen LogP) is 0.458. The summed E-state index contributed by atoms with van der Waals surface area (Å²) in [7, 11) is 0. The summed E-state index contributed by atoms with van der Waals surface area (Å²) in [6, 6.07) is 0.195. The molecule has 5 rings (SSSR count). The molecule has 3 fully saturated rings. The lowest BCUT2D eigenvalue weighted by Gasteiger charge is -2.25. The van der Waals surface area contributed by atoms with Crippen LogP contribution in [0.4, 0.5) is 5.82 Å². The van der Waals surface area contributed by atoms with Gasteiger partial charge in [0.05, 0.1) is 6.33 Å². The van der Waals surface area contributed by atoms with Gasteiger partial charge in [0.25, 0.3) is 0 Å². The van der Waals surface area contributed by atoms with E-state index in [4.69, 9.17) is 24.7 Å². The average Bonchev–Trinajstić information content (AvgIpc) is 3.38. The molecule has 1 saturated carbocycles. The summed E-state index contributed by atoms with van der Waals surface area (Å²) in [6.07, 6.45) is 1.12. The molecule has 4 heterocycles. The number of hydrogen-bond acceptors (Lipinski definition) is 10. The van der Waals surface area contributed by atoms with Crippen molar-refractivity contribution in [3.8, 4) is 6.01 Å². The van der Waals surface area contributed by atoms with Gasteiger partial charge in [0, 0.05) is 0 Å². The van der Waals surface area contributed by atoms with Gasteiger partial charge in [0.15, 0.2) is 35.3 Å². The number of aromatic nitrogens is 4. The maximum atomic E-state index is 9.75. The van der Waals surface area contributed by atoms with Gasteiger partial charge in [0.1, 0.15) is 24.4 Å². The van der Waals surface area contributed by atoms with Crippen molar-refractivity contribution in [2.45, 2.75) is 82.3 Å². The number of anilines is 1. The molecule has 0 bridgehead atoms. The average molecular weight is 407 g/mol. The first-order valence-electron chi connectivity index (χ1n) is 9.86. The second kappa shape index (κ2) is 6.74. The van der Waals surface area contributed by atoms with E-state index in [2.05, 4.69) is 15.0 Å². The Labute approximate surface area is 166 Å². The molecule has 158 valence electrons. The quantitative estimate of drug-likeness (QED) is 0.611. The molecular weight excluding hydrogens is 382 g/mol. The first kappa shape index (κ1) is 18.9. The van der Waals surface area contributed by atoms with E-state index in [0.717, 1.165) is 25.7 Å². The molecule has 4 atom stereocenters. The second-order valence-corrected chi connectivity index (χ2v) is 8.21. The fourth-order valence-corrected chi connectivity index (χ4v) is 4.38. The lowest BCUT2D eigenvalue weighted by atomic mass is 10.1. The molecule has 2 aromatic rings. The van der Waals surface area contributed by atoms with Crippen molar-refractivity contribution in [2.24, 2.45) is 0 Å². The fraction of sp³-hybridized carbons (Fsp3) is 0.722. The SMILES string of the molecule is CC1(C)O[C@@H]2[C@H](O1)[C@@H](C(O)O)O[C@H]2n1cnc2c(N)nc(OC3CCCC3)nc21. The van der Waals surface area contributed by atoms with Crippen LogP contribution in [0.25, 0.3) is 11.2 Å². The first-order chi connectivity index (χ1) is 13.8. The Morgan fingerprint density at radius 2 is 1.93 bits per heavy atom. The van der Waals surface area contributed by atoms with Crippen molar-refractivity contribution >= 4 is 17.0 Å². The summed E-state index contributed by atoms with van der Waals surface area (Å²) in [5.74, 6) is -0.676. The minimum atomic E-state index is -1.72. The van der Waals surface area contributed by atoms with Crippen molar-refractivity contribution in [1.29, 1.82) is 0 Å². The molecule has 3 aliphatic rings. The lowest BCUT2D eigenvalue weighted by Crippen LogP contribution is -2.38. The third kappa shape index (κ3) is 3.22. The summed E-state index contributed by atoms with van der Waals surface area (Å²) < 4.78 is 25.3. The van der Waals surface area contributed by atoms with E-state index in [9.17, 15) is 10.2 Å². The third-order valence-electron chi connectivity index (χ3n) is 5.64. The van der Waals surface area contributed by atoms with Crippen LogP contribution in [0.15, 0.2) is 6.33 Å². The summed E-state index contributed by atoms with van der Waals surface area (Å²) in [6.45, 7) is 3.53. The van der Waals surface area contributed by atoms with Gasteiger partial charge in [-0.25, -0.2) is 4.98 Å². The van der Waals surface area contributed by atoms with Crippen molar-refractivity contribution in [3.63, 3.8) is 0 Å². The van der Waals surface area contributed by atoms with Gasteiger partial charge in [-0.2, -0.15) is 9.97 Å². The van der Waals surface area contributed by atoms with Crippen LogP contribution < -0.4 is 10.5 Å². The highest BCUT2D eigenvalue weighted by molar-refractivity contribution is 5.82. The van der Waals surface area contributed by atoms with Crippen LogP contribution in [0.3, 0.4) is 0 Å². The minimum absolute atomic E-state index is 0.0802. The van der Waals surface area contributed by atoms with Crippen LogP contribution in [0.1, 0.15) is 45.8 Å². The molecule has 2 aliphatic heterocycles. The topological polar surface area (TPSA) is 147 Å². The number of imidazole rings is 1. The Morgan fingerprint density at radius 1 is 1.21 bits per heavy atom. The number of hydrogen-bond donors (Lipinski definition) is 3. The minimum Gasteiger partial charge on any atom is -0.460 e. The van der Waals surface area contributed by atoms with Crippen molar-refractivity contribution in [1.82, 2.24) is 19.5 Å². The van der Waals surface area contributed by atoms with Gasteiger partial charge in [0.2, 0.25) is 0 Å². The number of aliphatic hydroxyl groups excluding tert-OH is 1. The van der Waals surface area contributed by atoms with Crippen LogP contribution in [0.2, 0.25) is 0 Å². The molecule has 0 aromatic carbocycles. The smallest absolute Gasteiger partial charge is 0.320 e. The normalized spacial score (nSPS) is 31.8. The summed E-state index contributed by atoms with van der Waals surface area (Å²) >= 11 is 0. The lowest BCUT2D eigenvalue weighted by molar-refractivity contribution is -0.229. The predicted molar refractivity (Wildman–Crippen MR) is 98.6 cm³/mol. The van der Waals surface area contributed by atoms with Gasteiger partial charge in [-0.3, -0.25) is 4.57 Å². The van der Waals surface area contributed by atoms with Crippen LogP contribution in [-0.2, 0) is 14.2 Å². The number of nitrogens with two attached hydrogens (primary N) is 1. The summed E-state index contributed by atoms with van der Waals surface area (Å²) in [5.41, 5.74) is 6.92. The van der Waals surface area contributed by atoms with Crippen molar-refractivity contribution < 1.29 is 29.2 Å². The van der Waals surface area contributed by atoms with E-state index >= 15 is 0 Å². The van der Waals surface area contributed by atoms with E-state index in [1.807, 2.05) is 0 Å². The largest absolute Gasteiger partial charge is 0.460 e. The zero-order valence-electron chi connectivity index (χ0n) is 16.3. The van der Waals surface area contributed by atoms with Crippen molar-refractivity contribution in [3.05, 3.63) is 6.33 Å². The Bertz CT molecular complexity index is 912. The molecule has 11 heteroatoms. The van der Waals surface area contributed by atoms with Gasteiger partial charge >= 0.3 is 6.01 Å². The molecule has 0 amide bonds. The van der Waals surface area contributed by atoms with Crippen LogP contribution in [0, 0.1) is 0 Å². The van der Waals surface area contributed by atoms with Crippen molar-refractivity contribution in [2.75, 3.05) is 5.73 Å². The molecule has 29 heavy (non-hydrogen) atoms. The van der Waals surface area contributed by atoms with Gasteiger partial charge in [-0.1, -0.05) is 0 Å². The standard InChI is InChI=1S/C18H25N5O6/c1-18(2)28-10-11(29-18)15(27-12(10)16(24)25)23-7-20-9-13(19)21-17(22-14(9)23)26-8-5-3-4-6-8/h7-8,10-12,15-16,24-25H,3-6H2,1-2H3,(H2,19,21,22)/t10-,11+,12-,15+/m0/s1. The monoisotopic (exact) mass is 407 g/mol. The molecule has 11 nitrogen and oxygen atoms in total. The van der Waals surface area contributed by atoms with Gasteiger partial charge in [-0.15, -0.1) is 0 Å². The number of fused-ring (bicyclic) bond motifs is 2. The number of aliphatic hydroxyl groups is 2. The molecule has 1 aliphatic carbocycles. The number of ether oxygens (including phenoxy) is 4. The molecule has 0 radical (unpaired) electrons. The number of nitrogen functional groups attached to an aromatic ring is 1. The molecular formula is C18H25N5O6. The Morgan fingerprint density at radius 3 is 2.66 bits per heavy atom. The van der Waals surface area contributed by atoms with E-state index < -0.39 is 36.6 Å². The zero-order chi connectivity index (χ0) is 20.3. The summed E-state index contributed by atoms with van der Waals surface area (Å²) in [5, 5.41) is 19.5. The molecule has 2 saturated heterocycles. The van der Waals surface area contributed by atoms with E-state index in [-0.39, 0.29) is 17.9 Å².